The van der Waals surface area contributed by atoms with Gasteiger partial charge in [-0.05, 0) is 30.5 Å². The van der Waals surface area contributed by atoms with Gasteiger partial charge in [0.2, 0.25) is 0 Å². The van der Waals surface area contributed by atoms with Crippen LogP contribution < -0.4 is 5.32 Å². The molecule has 1 aliphatic rings. The van der Waals surface area contributed by atoms with Gasteiger partial charge in [-0.25, -0.2) is 4.79 Å². The Balaban J connectivity index is 1.76. The van der Waals surface area contributed by atoms with Gasteiger partial charge in [-0.3, -0.25) is 0 Å². The molecule has 0 aliphatic carbocycles. The Kier molecular flexibility index (Phi) is 4.03. The average Bonchev–Trinajstić information content (AvgIpc) is 3.09. The van der Waals surface area contributed by atoms with Crippen LogP contribution in [0.4, 0.5) is 10.5 Å². The topological polar surface area (TPSA) is 52.6 Å². The van der Waals surface area contributed by atoms with Crippen molar-refractivity contribution >= 4 is 34.7 Å². The van der Waals surface area contributed by atoms with Crippen molar-refractivity contribution in [1.82, 2.24) is 4.90 Å². The zero-order valence-electron chi connectivity index (χ0n) is 11.3. The zero-order chi connectivity index (χ0) is 14.8. The van der Waals surface area contributed by atoms with Gasteiger partial charge in [-0.1, -0.05) is 23.7 Å². The summed E-state index contributed by atoms with van der Waals surface area (Å²) in [5.41, 5.74) is 1.69. The quantitative estimate of drug-likeness (QED) is 0.856. The van der Waals surface area contributed by atoms with Crippen molar-refractivity contribution in [3.8, 4) is 5.75 Å². The van der Waals surface area contributed by atoms with Crippen LogP contribution >= 0.6 is 22.9 Å². The van der Waals surface area contributed by atoms with Gasteiger partial charge < -0.3 is 15.3 Å². The van der Waals surface area contributed by atoms with Crippen LogP contribution in [0.5, 0.6) is 5.75 Å². The van der Waals surface area contributed by atoms with Gasteiger partial charge in [0, 0.05) is 17.3 Å². The van der Waals surface area contributed by atoms with E-state index in [-0.39, 0.29) is 17.8 Å². The summed E-state index contributed by atoms with van der Waals surface area (Å²) in [5.74, 6) is 0.234. The Hall–Kier alpha value is -1.72. The molecule has 2 heterocycles. The number of halogens is 1. The molecule has 0 saturated carbocycles. The van der Waals surface area contributed by atoms with Gasteiger partial charge in [0.15, 0.2) is 0 Å². The molecule has 3 rings (SSSR count). The number of hydrogen-bond donors (Lipinski definition) is 2. The fourth-order valence-corrected chi connectivity index (χ4v) is 3.57. The predicted molar refractivity (Wildman–Crippen MR) is 85.1 cm³/mol. The van der Waals surface area contributed by atoms with Crippen molar-refractivity contribution in [2.24, 2.45) is 0 Å². The lowest BCUT2D eigenvalue weighted by molar-refractivity contribution is 0.207. The number of rotatable bonds is 2. The van der Waals surface area contributed by atoms with E-state index >= 15 is 0 Å². The highest BCUT2D eigenvalue weighted by atomic mass is 35.5. The molecule has 21 heavy (non-hydrogen) atoms. The van der Waals surface area contributed by atoms with E-state index in [1.165, 1.54) is 11.3 Å². The summed E-state index contributed by atoms with van der Waals surface area (Å²) in [6, 6.07) is 6.94. The molecule has 6 heteroatoms. The molecule has 110 valence electrons. The van der Waals surface area contributed by atoms with Gasteiger partial charge in [0.25, 0.3) is 0 Å². The van der Waals surface area contributed by atoms with E-state index in [1.807, 2.05) is 22.4 Å². The number of likely N-dealkylation sites (tertiary alicyclic amines) is 1. The van der Waals surface area contributed by atoms with Crippen molar-refractivity contribution < 1.29 is 9.90 Å². The van der Waals surface area contributed by atoms with Crippen LogP contribution in [0.2, 0.25) is 5.02 Å². The van der Waals surface area contributed by atoms with Gasteiger partial charge in [0.1, 0.15) is 5.75 Å². The molecule has 1 saturated heterocycles. The summed E-state index contributed by atoms with van der Waals surface area (Å²) in [5, 5.41) is 16.4. The number of aromatic hydroxyl groups is 1. The molecule has 0 bridgehead atoms. The zero-order valence-corrected chi connectivity index (χ0v) is 12.8. The molecule has 1 aromatic heterocycles. The number of amides is 2. The largest absolute Gasteiger partial charge is 0.508 e. The molecule has 1 unspecified atom stereocenters. The molecule has 0 spiro atoms. The summed E-state index contributed by atoms with van der Waals surface area (Å²) >= 11 is 7.47. The van der Waals surface area contributed by atoms with Crippen molar-refractivity contribution in [2.45, 2.75) is 18.9 Å². The van der Waals surface area contributed by atoms with Crippen LogP contribution in [0, 0.1) is 0 Å². The smallest absolute Gasteiger partial charge is 0.322 e. The fraction of sp³-hybridized carbons (Fsp3) is 0.267. The number of nitrogens with one attached hydrogen (secondary N) is 1. The highest BCUT2D eigenvalue weighted by molar-refractivity contribution is 7.09. The number of phenols is 1. The van der Waals surface area contributed by atoms with Crippen LogP contribution in [-0.2, 0) is 0 Å². The number of carbonyl (C=O) groups is 1. The first-order valence-electron chi connectivity index (χ1n) is 6.73. The van der Waals surface area contributed by atoms with Crippen molar-refractivity contribution in [2.75, 3.05) is 11.9 Å². The maximum Gasteiger partial charge on any atom is 0.322 e. The Morgan fingerprint density at radius 2 is 2.10 bits per heavy atom. The third-order valence-corrected chi connectivity index (χ3v) is 4.83. The minimum absolute atomic E-state index is 0.0445. The summed E-state index contributed by atoms with van der Waals surface area (Å²) < 4.78 is 0. The Labute approximate surface area is 132 Å². The van der Waals surface area contributed by atoms with E-state index in [9.17, 15) is 9.90 Å². The van der Waals surface area contributed by atoms with E-state index in [2.05, 4.69) is 5.32 Å². The number of hydrogen-bond acceptors (Lipinski definition) is 3. The Morgan fingerprint density at radius 1 is 1.33 bits per heavy atom. The normalized spacial score (nSPS) is 18.0. The second-order valence-electron chi connectivity index (χ2n) is 5.01. The summed E-state index contributed by atoms with van der Waals surface area (Å²) in [4.78, 5) is 14.2. The van der Waals surface area contributed by atoms with Crippen LogP contribution in [0.3, 0.4) is 0 Å². The van der Waals surface area contributed by atoms with Crippen LogP contribution in [-0.4, -0.2) is 22.6 Å². The summed E-state index contributed by atoms with van der Waals surface area (Å²) in [7, 11) is 0. The molecule has 1 aromatic carbocycles. The highest BCUT2D eigenvalue weighted by Crippen LogP contribution is 2.34. The minimum Gasteiger partial charge on any atom is -0.508 e. The number of anilines is 1. The molecule has 4 nitrogen and oxygen atoms in total. The maximum absolute atomic E-state index is 12.4. The van der Waals surface area contributed by atoms with Crippen LogP contribution in [0.1, 0.15) is 24.4 Å². The molecular formula is C15H15ClN2O2S. The second-order valence-corrected chi connectivity index (χ2v) is 6.16. The Morgan fingerprint density at radius 3 is 2.76 bits per heavy atom. The molecule has 2 aromatic rings. The minimum atomic E-state index is -0.133. The number of urea groups is 1. The lowest BCUT2D eigenvalue weighted by Gasteiger charge is -2.25. The molecule has 1 atom stereocenters. The van der Waals surface area contributed by atoms with E-state index in [1.54, 1.807) is 17.5 Å². The van der Waals surface area contributed by atoms with Crippen molar-refractivity contribution in [1.29, 1.82) is 0 Å². The number of benzene rings is 1. The lowest BCUT2D eigenvalue weighted by Crippen LogP contribution is -2.34. The molecule has 1 aliphatic heterocycles. The first-order valence-corrected chi connectivity index (χ1v) is 8.05. The van der Waals surface area contributed by atoms with Crippen molar-refractivity contribution in [3.05, 3.63) is 45.6 Å². The first-order chi connectivity index (χ1) is 10.1. The monoisotopic (exact) mass is 322 g/mol. The van der Waals surface area contributed by atoms with Crippen LogP contribution in [0.15, 0.2) is 35.0 Å². The lowest BCUT2D eigenvalue weighted by atomic mass is 10.0. The van der Waals surface area contributed by atoms with Gasteiger partial charge in [0.05, 0.1) is 16.8 Å². The first kappa shape index (κ1) is 14.2. The van der Waals surface area contributed by atoms with Gasteiger partial charge in [-0.2, -0.15) is 0 Å². The molecule has 1 fully saturated rings. The fourth-order valence-electron chi connectivity index (χ4n) is 2.61. The second kappa shape index (κ2) is 5.95. The third-order valence-electron chi connectivity index (χ3n) is 3.65. The van der Waals surface area contributed by atoms with E-state index < -0.39 is 0 Å². The van der Waals surface area contributed by atoms with Crippen LogP contribution in [0.25, 0.3) is 0 Å². The SMILES string of the molecule is O=C(Nc1cscc1Cl)N1CCCC1c1ccc(O)cc1. The molecule has 2 N–H and O–H groups in total. The van der Waals surface area contributed by atoms with Crippen molar-refractivity contribution in [3.63, 3.8) is 0 Å². The molecule has 2 amide bonds. The third kappa shape index (κ3) is 2.99. The summed E-state index contributed by atoms with van der Waals surface area (Å²) in [6.07, 6.45) is 1.89. The molecular weight excluding hydrogens is 308 g/mol. The number of nitrogens with zero attached hydrogens (tertiary/aromatic N) is 1. The number of carbonyl (C=O) groups excluding carboxylic acids is 1. The van der Waals surface area contributed by atoms with E-state index in [0.717, 1.165) is 24.9 Å². The summed E-state index contributed by atoms with van der Waals surface area (Å²) in [6.45, 7) is 0.721. The number of thiophene rings is 1. The van der Waals surface area contributed by atoms with Gasteiger partial charge in [-0.15, -0.1) is 11.3 Å². The highest BCUT2D eigenvalue weighted by Gasteiger charge is 2.30. The van der Waals surface area contributed by atoms with Gasteiger partial charge >= 0.3 is 6.03 Å². The number of phenolic OH excluding ortho intramolecular Hbond substituents is 1. The van der Waals surface area contributed by atoms with E-state index in [4.69, 9.17) is 11.6 Å². The molecule has 0 radical (unpaired) electrons. The predicted octanol–water partition coefficient (Wildman–Crippen LogP) is 4.48. The maximum atomic E-state index is 12.4. The standard InChI is InChI=1S/C15H15ClN2O2S/c16-12-8-21-9-13(12)17-15(20)18-7-1-2-14(18)10-3-5-11(19)6-4-10/h3-6,8-9,14,19H,1-2,7H2,(H,17,20). The van der Waals surface area contributed by atoms with E-state index in [0.29, 0.717) is 10.7 Å². The Bertz CT molecular complexity index is 641. The average molecular weight is 323 g/mol.